The average molecular weight is 294 g/mol. The first-order valence-corrected chi connectivity index (χ1v) is 7.70. The topological polar surface area (TPSA) is 40.5 Å². The van der Waals surface area contributed by atoms with Gasteiger partial charge in [-0.25, -0.2) is 0 Å². The van der Waals surface area contributed by atoms with Crippen LogP contribution in [0.4, 0.5) is 0 Å². The molecular weight excluding hydrogens is 274 g/mol. The third kappa shape index (κ3) is 2.45. The Labute approximate surface area is 124 Å². The van der Waals surface area contributed by atoms with Crippen LogP contribution in [0, 0.1) is 5.92 Å². The number of amides is 1. The van der Waals surface area contributed by atoms with Gasteiger partial charge in [-0.2, -0.15) is 0 Å². The van der Waals surface area contributed by atoms with Crippen LogP contribution in [0.1, 0.15) is 31.2 Å². The molecule has 1 aliphatic carbocycles. The van der Waals surface area contributed by atoms with Crippen molar-refractivity contribution in [2.75, 3.05) is 19.7 Å². The van der Waals surface area contributed by atoms with E-state index in [4.69, 9.17) is 11.6 Å². The first kappa shape index (κ1) is 13.9. The van der Waals surface area contributed by atoms with Gasteiger partial charge in [-0.3, -0.25) is 4.79 Å². The van der Waals surface area contributed by atoms with Crippen molar-refractivity contribution < 1.29 is 9.90 Å². The standard InChI is InChI=1S/C16H20ClNO2/c17-14-5-1-4-13(9-14)16(6-7-16)15(20)18-8-2-3-12(10-18)11-19/h1,4-5,9,12,19H,2-3,6-8,10-11H2. The molecule has 0 aromatic heterocycles. The van der Waals surface area contributed by atoms with Gasteiger partial charge in [0.15, 0.2) is 0 Å². The monoisotopic (exact) mass is 293 g/mol. The Bertz CT molecular complexity index is 513. The van der Waals surface area contributed by atoms with E-state index in [0.717, 1.165) is 37.8 Å². The first-order valence-electron chi connectivity index (χ1n) is 7.32. The number of piperidine rings is 1. The molecular formula is C16H20ClNO2. The fraction of sp³-hybridized carbons (Fsp3) is 0.562. The van der Waals surface area contributed by atoms with Crippen molar-refractivity contribution in [2.45, 2.75) is 31.1 Å². The predicted octanol–water partition coefficient (Wildman–Crippen LogP) is 2.60. The van der Waals surface area contributed by atoms with Crippen LogP contribution in [0.3, 0.4) is 0 Å². The smallest absolute Gasteiger partial charge is 0.233 e. The van der Waals surface area contributed by atoms with Crippen LogP contribution in [0.2, 0.25) is 5.02 Å². The number of nitrogens with zero attached hydrogens (tertiary/aromatic N) is 1. The zero-order valence-corrected chi connectivity index (χ0v) is 12.3. The normalized spacial score (nSPS) is 24.5. The fourth-order valence-corrected chi connectivity index (χ4v) is 3.43. The lowest BCUT2D eigenvalue weighted by Gasteiger charge is -2.34. The van der Waals surface area contributed by atoms with E-state index >= 15 is 0 Å². The zero-order chi connectivity index (χ0) is 14.2. The van der Waals surface area contributed by atoms with E-state index in [0.29, 0.717) is 11.6 Å². The van der Waals surface area contributed by atoms with Crippen molar-refractivity contribution in [1.29, 1.82) is 0 Å². The lowest BCUT2D eigenvalue weighted by Crippen LogP contribution is -2.45. The number of likely N-dealkylation sites (tertiary alicyclic amines) is 1. The number of carbonyl (C=O) groups is 1. The number of carbonyl (C=O) groups excluding carboxylic acids is 1. The second-order valence-corrected chi connectivity index (χ2v) is 6.47. The quantitative estimate of drug-likeness (QED) is 0.930. The molecule has 1 aromatic carbocycles. The van der Waals surface area contributed by atoms with Crippen molar-refractivity contribution in [3.8, 4) is 0 Å². The number of halogens is 1. The molecule has 3 nitrogen and oxygen atoms in total. The molecule has 20 heavy (non-hydrogen) atoms. The Morgan fingerprint density at radius 1 is 1.45 bits per heavy atom. The van der Waals surface area contributed by atoms with Gasteiger partial charge in [-0.15, -0.1) is 0 Å². The van der Waals surface area contributed by atoms with E-state index in [2.05, 4.69) is 0 Å². The van der Waals surface area contributed by atoms with Gasteiger partial charge in [0.2, 0.25) is 5.91 Å². The molecule has 1 N–H and O–H groups in total. The fourth-order valence-electron chi connectivity index (χ4n) is 3.24. The highest BCUT2D eigenvalue weighted by molar-refractivity contribution is 6.30. The van der Waals surface area contributed by atoms with Gasteiger partial charge in [0.05, 0.1) is 5.41 Å². The summed E-state index contributed by atoms with van der Waals surface area (Å²) in [7, 11) is 0. The Balaban J connectivity index is 1.79. The summed E-state index contributed by atoms with van der Waals surface area (Å²) < 4.78 is 0. The number of benzene rings is 1. The highest BCUT2D eigenvalue weighted by Gasteiger charge is 2.53. The molecule has 1 atom stereocenters. The maximum Gasteiger partial charge on any atom is 0.233 e. The number of aliphatic hydroxyl groups excluding tert-OH is 1. The molecule has 0 bridgehead atoms. The van der Waals surface area contributed by atoms with Crippen LogP contribution in [0.15, 0.2) is 24.3 Å². The minimum atomic E-state index is -0.345. The molecule has 1 aromatic rings. The summed E-state index contributed by atoms with van der Waals surface area (Å²) in [6.45, 7) is 1.68. The van der Waals surface area contributed by atoms with E-state index in [1.165, 1.54) is 0 Å². The van der Waals surface area contributed by atoms with Crippen LogP contribution in [-0.4, -0.2) is 35.6 Å². The summed E-state index contributed by atoms with van der Waals surface area (Å²) >= 11 is 6.06. The number of rotatable bonds is 3. The van der Waals surface area contributed by atoms with Gasteiger partial charge in [0, 0.05) is 24.7 Å². The van der Waals surface area contributed by atoms with Crippen molar-refractivity contribution >= 4 is 17.5 Å². The molecule has 1 unspecified atom stereocenters. The lowest BCUT2D eigenvalue weighted by atomic mass is 9.91. The average Bonchev–Trinajstić information content (AvgIpc) is 3.28. The largest absolute Gasteiger partial charge is 0.396 e. The third-order valence-corrected chi connectivity index (χ3v) is 4.84. The van der Waals surface area contributed by atoms with Crippen molar-refractivity contribution in [3.63, 3.8) is 0 Å². The first-order chi connectivity index (χ1) is 9.65. The second-order valence-electron chi connectivity index (χ2n) is 6.03. The maximum atomic E-state index is 12.9. The molecule has 0 radical (unpaired) electrons. The van der Waals surface area contributed by atoms with Gasteiger partial charge >= 0.3 is 0 Å². The zero-order valence-electron chi connectivity index (χ0n) is 11.5. The molecule has 1 heterocycles. The molecule has 1 saturated heterocycles. The molecule has 108 valence electrons. The van der Waals surface area contributed by atoms with E-state index < -0.39 is 0 Å². The van der Waals surface area contributed by atoms with Gasteiger partial charge in [0.1, 0.15) is 0 Å². The van der Waals surface area contributed by atoms with E-state index in [-0.39, 0.29) is 23.8 Å². The van der Waals surface area contributed by atoms with E-state index in [1.807, 2.05) is 29.2 Å². The van der Waals surface area contributed by atoms with E-state index in [9.17, 15) is 9.90 Å². The number of hydrogen-bond acceptors (Lipinski definition) is 2. The second kappa shape index (κ2) is 5.38. The SMILES string of the molecule is O=C(N1CCCC(CO)C1)C1(c2cccc(Cl)c2)CC1. The molecule has 2 fully saturated rings. The van der Waals surface area contributed by atoms with Crippen LogP contribution >= 0.6 is 11.6 Å². The Morgan fingerprint density at radius 2 is 2.25 bits per heavy atom. The van der Waals surface area contributed by atoms with Gasteiger partial charge in [-0.1, -0.05) is 23.7 Å². The van der Waals surface area contributed by atoms with E-state index in [1.54, 1.807) is 0 Å². The van der Waals surface area contributed by atoms with Gasteiger partial charge in [-0.05, 0) is 49.3 Å². The number of aliphatic hydroxyl groups is 1. The molecule has 1 amide bonds. The van der Waals surface area contributed by atoms with Crippen molar-refractivity contribution in [2.24, 2.45) is 5.92 Å². The molecule has 2 aliphatic rings. The lowest BCUT2D eigenvalue weighted by molar-refractivity contribution is -0.136. The van der Waals surface area contributed by atoms with Crippen molar-refractivity contribution in [1.82, 2.24) is 4.90 Å². The molecule has 1 aliphatic heterocycles. The molecule has 3 rings (SSSR count). The Morgan fingerprint density at radius 3 is 2.90 bits per heavy atom. The Kier molecular flexibility index (Phi) is 3.74. The van der Waals surface area contributed by atoms with Crippen LogP contribution in [0.25, 0.3) is 0 Å². The minimum absolute atomic E-state index is 0.175. The predicted molar refractivity (Wildman–Crippen MR) is 78.8 cm³/mol. The summed E-state index contributed by atoms with van der Waals surface area (Å²) in [5, 5.41) is 10.00. The number of hydrogen-bond donors (Lipinski definition) is 1. The van der Waals surface area contributed by atoms with Crippen LogP contribution in [-0.2, 0) is 10.2 Å². The summed E-state index contributed by atoms with van der Waals surface area (Å²) in [6, 6.07) is 7.68. The molecule has 1 saturated carbocycles. The molecule has 4 heteroatoms. The van der Waals surface area contributed by atoms with Gasteiger partial charge < -0.3 is 10.0 Å². The molecule has 0 spiro atoms. The minimum Gasteiger partial charge on any atom is -0.396 e. The van der Waals surface area contributed by atoms with Gasteiger partial charge in [0.25, 0.3) is 0 Å². The maximum absolute atomic E-state index is 12.9. The highest BCUT2D eigenvalue weighted by atomic mass is 35.5. The Hall–Kier alpha value is -1.06. The van der Waals surface area contributed by atoms with Crippen LogP contribution in [0.5, 0.6) is 0 Å². The summed E-state index contributed by atoms with van der Waals surface area (Å²) in [5.41, 5.74) is 0.698. The summed E-state index contributed by atoms with van der Waals surface area (Å²) in [6.07, 6.45) is 3.83. The summed E-state index contributed by atoms with van der Waals surface area (Å²) in [5.74, 6) is 0.459. The third-order valence-electron chi connectivity index (χ3n) is 4.60. The highest BCUT2D eigenvalue weighted by Crippen LogP contribution is 2.50. The van der Waals surface area contributed by atoms with Crippen molar-refractivity contribution in [3.05, 3.63) is 34.9 Å². The van der Waals surface area contributed by atoms with Crippen LogP contribution < -0.4 is 0 Å². The summed E-state index contributed by atoms with van der Waals surface area (Å²) in [4.78, 5) is 14.8.